The zero-order valence-corrected chi connectivity index (χ0v) is 6.74. The van der Waals surface area contributed by atoms with Crippen LogP contribution in [0.4, 0.5) is 0 Å². The Kier molecular flexibility index (Phi) is 1.36. The summed E-state index contributed by atoms with van der Waals surface area (Å²) >= 11 is 2.34. The van der Waals surface area contributed by atoms with Crippen molar-refractivity contribution in [3.8, 4) is 0 Å². The average Bonchev–Trinajstić information content (AvgIpc) is 2.41. The van der Waals surface area contributed by atoms with Gasteiger partial charge in [0.25, 0.3) is 0 Å². The van der Waals surface area contributed by atoms with Gasteiger partial charge in [-0.15, -0.1) is 16.4 Å². The molecule has 0 aromatic carbocycles. The Labute approximate surface area is 69.3 Å². The van der Waals surface area contributed by atoms with Gasteiger partial charge in [0.1, 0.15) is 0 Å². The Bertz CT molecular complexity index is 405. The van der Waals surface area contributed by atoms with Gasteiger partial charge in [-0.25, -0.2) is 0 Å². The van der Waals surface area contributed by atoms with E-state index in [2.05, 4.69) is 9.59 Å². The van der Waals surface area contributed by atoms with Gasteiger partial charge in [0.2, 0.25) is 0 Å². The number of aromatic nitrogens is 2. The van der Waals surface area contributed by atoms with Gasteiger partial charge in [0, 0.05) is 10.9 Å². The molecule has 0 atom stereocenters. The van der Waals surface area contributed by atoms with Crippen LogP contribution in [0.15, 0.2) is 5.38 Å². The van der Waals surface area contributed by atoms with E-state index in [9.17, 15) is 9.90 Å². The first-order chi connectivity index (χ1) is 5.29. The molecular weight excluding hydrogens is 184 g/mol. The number of fused-ring (bicyclic) bond motifs is 1. The minimum Gasteiger partial charge on any atom is -0.545 e. The smallest absolute Gasteiger partial charge is 0.159 e. The number of nitrogens with zero attached hydrogens (tertiary/aromatic N) is 2. The van der Waals surface area contributed by atoms with Gasteiger partial charge in [-0.3, -0.25) is 0 Å². The highest BCUT2D eigenvalue weighted by molar-refractivity contribution is 7.24. The summed E-state index contributed by atoms with van der Waals surface area (Å²) < 4.78 is 4.22. The monoisotopic (exact) mass is 185 g/mol. The maximum Gasteiger partial charge on any atom is 0.159 e. The highest BCUT2D eigenvalue weighted by Crippen LogP contribution is 2.25. The van der Waals surface area contributed by atoms with E-state index in [0.717, 1.165) is 11.5 Å². The van der Waals surface area contributed by atoms with Gasteiger partial charge >= 0.3 is 0 Å². The minimum absolute atomic E-state index is 0.194. The first-order valence-electron chi connectivity index (χ1n) is 2.70. The number of carboxylic acids is 1. The number of rotatable bonds is 1. The van der Waals surface area contributed by atoms with E-state index < -0.39 is 5.97 Å². The third-order valence-corrected chi connectivity index (χ3v) is 2.96. The maximum atomic E-state index is 10.4. The number of carboxylic acid groups (broad SMARTS) is 1. The van der Waals surface area contributed by atoms with Crippen molar-refractivity contribution >= 4 is 38.4 Å². The van der Waals surface area contributed by atoms with Crippen molar-refractivity contribution in [1.82, 2.24) is 9.59 Å². The molecule has 2 aromatic heterocycles. The number of hydrogen-bond donors (Lipinski definition) is 0. The molecule has 2 heterocycles. The van der Waals surface area contributed by atoms with Crippen LogP contribution in [0.25, 0.3) is 9.53 Å². The van der Waals surface area contributed by atoms with Gasteiger partial charge < -0.3 is 9.90 Å². The van der Waals surface area contributed by atoms with E-state index in [-0.39, 0.29) is 5.56 Å². The van der Waals surface area contributed by atoms with Gasteiger partial charge in [-0.05, 0) is 11.5 Å². The van der Waals surface area contributed by atoms with E-state index in [1.54, 1.807) is 0 Å². The quantitative estimate of drug-likeness (QED) is 0.632. The lowest BCUT2D eigenvalue weighted by molar-refractivity contribution is -0.254. The molecule has 0 aliphatic heterocycles. The van der Waals surface area contributed by atoms with Crippen molar-refractivity contribution in [2.45, 2.75) is 0 Å². The van der Waals surface area contributed by atoms with Gasteiger partial charge in [0.05, 0.1) is 10.7 Å². The molecule has 0 aliphatic rings. The second-order valence-corrected chi connectivity index (χ2v) is 3.46. The molecule has 0 aliphatic carbocycles. The second kappa shape index (κ2) is 2.24. The summed E-state index contributed by atoms with van der Waals surface area (Å²) in [4.78, 5) is 11.1. The molecule has 4 nitrogen and oxygen atoms in total. The summed E-state index contributed by atoms with van der Waals surface area (Å²) in [5, 5.41) is 15.7. The molecule has 56 valence electrons. The molecule has 6 heteroatoms. The minimum atomic E-state index is -1.16. The van der Waals surface area contributed by atoms with Crippen molar-refractivity contribution in [2.75, 3.05) is 0 Å². The average molecular weight is 185 g/mol. The molecule has 0 saturated heterocycles. The molecular formula is C5HN2O2S2-. The molecule has 2 aromatic rings. The Balaban J connectivity index is 2.78. The van der Waals surface area contributed by atoms with Crippen molar-refractivity contribution in [1.29, 1.82) is 0 Å². The van der Waals surface area contributed by atoms with Gasteiger partial charge in [-0.2, -0.15) is 0 Å². The van der Waals surface area contributed by atoms with Crippen LogP contribution in [0.1, 0.15) is 10.4 Å². The highest BCUT2D eigenvalue weighted by atomic mass is 32.1. The van der Waals surface area contributed by atoms with Crippen molar-refractivity contribution in [2.24, 2.45) is 0 Å². The fourth-order valence-electron chi connectivity index (χ4n) is 0.733. The molecule has 2 rings (SSSR count). The summed E-state index contributed by atoms with van der Waals surface area (Å²) in [6.07, 6.45) is 0. The van der Waals surface area contributed by atoms with E-state index in [1.807, 2.05) is 0 Å². The Morgan fingerprint density at radius 1 is 1.64 bits per heavy atom. The van der Waals surface area contributed by atoms with Crippen LogP contribution in [-0.4, -0.2) is 15.6 Å². The molecule has 0 bridgehead atoms. The Hall–Kier alpha value is -1.01. The summed E-state index contributed by atoms with van der Waals surface area (Å²) in [6.45, 7) is 0. The molecule has 11 heavy (non-hydrogen) atoms. The SMILES string of the molecule is O=C([O-])c1csc2nnsc12. The first kappa shape index (κ1) is 6.68. The van der Waals surface area contributed by atoms with Crippen LogP contribution >= 0.6 is 22.9 Å². The Morgan fingerprint density at radius 3 is 3.18 bits per heavy atom. The van der Waals surface area contributed by atoms with Crippen LogP contribution in [0.5, 0.6) is 0 Å². The van der Waals surface area contributed by atoms with E-state index in [1.165, 1.54) is 16.7 Å². The predicted molar refractivity (Wildman–Crippen MR) is 39.6 cm³/mol. The van der Waals surface area contributed by atoms with Crippen LogP contribution in [0.3, 0.4) is 0 Å². The number of carbonyl (C=O) groups excluding carboxylic acids is 1. The second-order valence-electron chi connectivity index (χ2n) is 1.84. The topological polar surface area (TPSA) is 65.9 Å². The first-order valence-corrected chi connectivity index (χ1v) is 4.35. The van der Waals surface area contributed by atoms with Gasteiger partial charge in [0.15, 0.2) is 4.83 Å². The lowest BCUT2D eigenvalue weighted by Gasteiger charge is -1.93. The van der Waals surface area contributed by atoms with E-state index in [4.69, 9.17) is 0 Å². The summed E-state index contributed by atoms with van der Waals surface area (Å²) in [5.41, 5.74) is 0.194. The molecule has 0 radical (unpaired) electrons. The molecule has 0 spiro atoms. The van der Waals surface area contributed by atoms with Crippen LogP contribution in [0, 0.1) is 0 Å². The fraction of sp³-hybridized carbons (Fsp3) is 0. The molecule has 0 saturated carbocycles. The van der Waals surface area contributed by atoms with E-state index >= 15 is 0 Å². The molecule has 0 N–H and O–H groups in total. The third-order valence-electron chi connectivity index (χ3n) is 1.21. The maximum absolute atomic E-state index is 10.4. The number of thiophene rings is 1. The summed E-state index contributed by atoms with van der Waals surface area (Å²) in [7, 11) is 0. The lowest BCUT2D eigenvalue weighted by atomic mass is 10.3. The fourth-order valence-corrected chi connectivity index (χ4v) is 2.43. The predicted octanol–water partition coefficient (Wildman–Crippen LogP) is 0.116. The lowest BCUT2D eigenvalue weighted by Crippen LogP contribution is -2.21. The van der Waals surface area contributed by atoms with Crippen LogP contribution in [-0.2, 0) is 0 Å². The molecule has 0 amide bonds. The summed E-state index contributed by atoms with van der Waals surface area (Å²) in [5.74, 6) is -1.16. The summed E-state index contributed by atoms with van der Waals surface area (Å²) in [6, 6.07) is 0. The highest BCUT2D eigenvalue weighted by Gasteiger charge is 2.07. The number of hydrogen-bond acceptors (Lipinski definition) is 6. The number of carbonyl (C=O) groups is 1. The van der Waals surface area contributed by atoms with Crippen molar-refractivity contribution in [3.63, 3.8) is 0 Å². The number of aromatic carboxylic acids is 1. The van der Waals surface area contributed by atoms with E-state index in [0.29, 0.717) is 9.53 Å². The van der Waals surface area contributed by atoms with Gasteiger partial charge in [-0.1, -0.05) is 4.49 Å². The van der Waals surface area contributed by atoms with Crippen LogP contribution in [0.2, 0.25) is 0 Å². The largest absolute Gasteiger partial charge is 0.545 e. The van der Waals surface area contributed by atoms with Crippen LogP contribution < -0.4 is 5.11 Å². The Morgan fingerprint density at radius 2 is 2.45 bits per heavy atom. The zero-order valence-electron chi connectivity index (χ0n) is 5.10. The third kappa shape index (κ3) is 0.908. The standard InChI is InChI=1S/C5H2N2O2S2/c8-5(9)2-1-10-4-3(2)11-7-6-4/h1H,(H,8,9)/p-1. The molecule has 0 unspecified atom stereocenters. The van der Waals surface area contributed by atoms with Crippen molar-refractivity contribution in [3.05, 3.63) is 10.9 Å². The normalized spacial score (nSPS) is 10.5. The molecule has 0 fully saturated rings. The zero-order chi connectivity index (χ0) is 7.84. The van der Waals surface area contributed by atoms with Crippen molar-refractivity contribution < 1.29 is 9.90 Å².